The van der Waals surface area contributed by atoms with Gasteiger partial charge in [-0.2, -0.15) is 16.9 Å². The molecule has 0 spiro atoms. The highest BCUT2D eigenvalue weighted by Crippen LogP contribution is 2.14. The SMILES string of the molecule is CSC(CO)C(C)NC(=O)c1c(C)nn(C)c1C. The zero-order chi connectivity index (χ0) is 13.9. The molecule has 1 aromatic rings. The number of aliphatic hydroxyl groups is 1. The topological polar surface area (TPSA) is 67.2 Å². The lowest BCUT2D eigenvalue weighted by atomic mass is 10.1. The summed E-state index contributed by atoms with van der Waals surface area (Å²) >= 11 is 1.54. The third kappa shape index (κ3) is 3.05. The van der Waals surface area contributed by atoms with Gasteiger partial charge < -0.3 is 10.4 Å². The van der Waals surface area contributed by atoms with E-state index in [4.69, 9.17) is 0 Å². The molecule has 2 N–H and O–H groups in total. The van der Waals surface area contributed by atoms with E-state index >= 15 is 0 Å². The minimum atomic E-state index is -0.127. The third-order valence-corrected chi connectivity index (χ3v) is 4.30. The quantitative estimate of drug-likeness (QED) is 0.834. The summed E-state index contributed by atoms with van der Waals surface area (Å²) < 4.78 is 1.70. The van der Waals surface area contributed by atoms with E-state index in [1.165, 1.54) is 0 Å². The number of rotatable bonds is 5. The number of carbonyl (C=O) groups is 1. The number of aromatic nitrogens is 2. The number of nitrogens with zero attached hydrogens (tertiary/aromatic N) is 2. The number of thioether (sulfide) groups is 1. The van der Waals surface area contributed by atoms with E-state index in [1.54, 1.807) is 16.4 Å². The number of aryl methyl sites for hydroxylation is 2. The molecule has 18 heavy (non-hydrogen) atoms. The molecule has 2 atom stereocenters. The van der Waals surface area contributed by atoms with Gasteiger partial charge in [-0.1, -0.05) is 0 Å². The molecule has 5 nitrogen and oxygen atoms in total. The molecule has 0 bridgehead atoms. The van der Waals surface area contributed by atoms with Gasteiger partial charge in [0.2, 0.25) is 0 Å². The van der Waals surface area contributed by atoms with Gasteiger partial charge in [-0.05, 0) is 27.0 Å². The number of hydrogen-bond acceptors (Lipinski definition) is 4. The van der Waals surface area contributed by atoms with Crippen molar-refractivity contribution < 1.29 is 9.90 Å². The average Bonchev–Trinajstić information content (AvgIpc) is 2.54. The molecule has 1 aromatic heterocycles. The number of hydrogen-bond donors (Lipinski definition) is 2. The second-order valence-electron chi connectivity index (χ2n) is 4.39. The maximum atomic E-state index is 12.2. The first kappa shape index (κ1) is 15.0. The molecule has 0 saturated heterocycles. The van der Waals surface area contributed by atoms with Crippen LogP contribution in [-0.2, 0) is 7.05 Å². The Morgan fingerprint density at radius 3 is 2.56 bits per heavy atom. The van der Waals surface area contributed by atoms with E-state index in [2.05, 4.69) is 10.4 Å². The second-order valence-corrected chi connectivity index (χ2v) is 5.47. The molecule has 0 aliphatic heterocycles. The Labute approximate surface area is 112 Å². The molecule has 2 unspecified atom stereocenters. The Morgan fingerprint density at radius 2 is 2.17 bits per heavy atom. The van der Waals surface area contributed by atoms with Gasteiger partial charge in [0.25, 0.3) is 5.91 Å². The highest BCUT2D eigenvalue weighted by molar-refractivity contribution is 7.99. The summed E-state index contributed by atoms with van der Waals surface area (Å²) in [6.07, 6.45) is 1.92. The van der Waals surface area contributed by atoms with Crippen LogP contribution in [0.25, 0.3) is 0 Å². The highest BCUT2D eigenvalue weighted by Gasteiger charge is 2.22. The molecule has 0 fully saturated rings. The molecule has 1 amide bonds. The summed E-state index contributed by atoms with van der Waals surface area (Å²) in [7, 11) is 1.82. The smallest absolute Gasteiger partial charge is 0.255 e. The number of carbonyl (C=O) groups excluding carboxylic acids is 1. The average molecular weight is 271 g/mol. The van der Waals surface area contributed by atoms with Crippen molar-refractivity contribution in [1.29, 1.82) is 0 Å². The lowest BCUT2D eigenvalue weighted by molar-refractivity contribution is 0.0934. The fourth-order valence-electron chi connectivity index (χ4n) is 1.91. The van der Waals surface area contributed by atoms with Crippen LogP contribution in [0.1, 0.15) is 28.7 Å². The Hall–Kier alpha value is -1.01. The van der Waals surface area contributed by atoms with E-state index in [9.17, 15) is 9.90 Å². The Bertz CT molecular complexity index is 427. The minimum Gasteiger partial charge on any atom is -0.395 e. The van der Waals surface area contributed by atoms with Gasteiger partial charge in [-0.3, -0.25) is 9.48 Å². The molecule has 0 aliphatic rings. The normalized spacial score (nSPS) is 14.3. The minimum absolute atomic E-state index is 0.00577. The van der Waals surface area contributed by atoms with Crippen molar-refractivity contribution in [2.45, 2.75) is 32.1 Å². The third-order valence-electron chi connectivity index (χ3n) is 3.14. The zero-order valence-corrected chi connectivity index (χ0v) is 12.3. The standard InChI is InChI=1S/C12H21N3O2S/c1-7(10(6-16)18-5)13-12(17)11-8(2)14-15(4)9(11)3/h7,10,16H,6H2,1-5H3,(H,13,17). The maximum Gasteiger partial charge on any atom is 0.255 e. The highest BCUT2D eigenvalue weighted by atomic mass is 32.2. The van der Waals surface area contributed by atoms with E-state index < -0.39 is 0 Å². The molecule has 0 aliphatic carbocycles. The van der Waals surface area contributed by atoms with Crippen LogP contribution in [-0.4, -0.2) is 44.9 Å². The van der Waals surface area contributed by atoms with Crippen LogP contribution in [0.15, 0.2) is 0 Å². The van der Waals surface area contributed by atoms with Crippen LogP contribution in [0.2, 0.25) is 0 Å². The molecule has 1 heterocycles. The first-order chi connectivity index (χ1) is 8.42. The largest absolute Gasteiger partial charge is 0.395 e. The molecule has 0 saturated carbocycles. The summed E-state index contributed by atoms with van der Waals surface area (Å²) in [5.41, 5.74) is 2.20. The van der Waals surface area contributed by atoms with Gasteiger partial charge in [0, 0.05) is 24.0 Å². The predicted molar refractivity (Wildman–Crippen MR) is 74.0 cm³/mol. The van der Waals surface area contributed by atoms with Gasteiger partial charge in [0.1, 0.15) is 0 Å². The number of amides is 1. The van der Waals surface area contributed by atoms with Crippen molar-refractivity contribution in [3.8, 4) is 0 Å². The molecule has 6 heteroatoms. The number of nitrogens with one attached hydrogen (secondary N) is 1. The first-order valence-electron chi connectivity index (χ1n) is 5.87. The number of aliphatic hydroxyl groups excluding tert-OH is 1. The van der Waals surface area contributed by atoms with Gasteiger partial charge in [0.05, 0.1) is 17.9 Å². The monoisotopic (exact) mass is 271 g/mol. The predicted octanol–water partition coefficient (Wildman–Crippen LogP) is 0.879. The van der Waals surface area contributed by atoms with E-state index in [-0.39, 0.29) is 23.8 Å². The lowest BCUT2D eigenvalue weighted by Crippen LogP contribution is -2.41. The molecule has 0 aromatic carbocycles. The van der Waals surface area contributed by atoms with Crippen LogP contribution in [0.5, 0.6) is 0 Å². The summed E-state index contributed by atoms with van der Waals surface area (Å²) in [5, 5.41) is 16.4. The Morgan fingerprint density at radius 1 is 1.56 bits per heavy atom. The van der Waals surface area contributed by atoms with Crippen LogP contribution < -0.4 is 5.32 Å². The van der Waals surface area contributed by atoms with Gasteiger partial charge >= 0.3 is 0 Å². The van der Waals surface area contributed by atoms with E-state index in [1.807, 2.05) is 34.1 Å². The summed E-state index contributed by atoms with van der Waals surface area (Å²) in [6, 6.07) is -0.0866. The van der Waals surface area contributed by atoms with Gasteiger partial charge in [-0.15, -0.1) is 0 Å². The van der Waals surface area contributed by atoms with Crippen LogP contribution in [0.4, 0.5) is 0 Å². The second kappa shape index (κ2) is 6.24. The van der Waals surface area contributed by atoms with Crippen molar-refractivity contribution in [3.05, 3.63) is 17.0 Å². The fraction of sp³-hybridized carbons (Fsp3) is 0.667. The van der Waals surface area contributed by atoms with Crippen LogP contribution in [0, 0.1) is 13.8 Å². The van der Waals surface area contributed by atoms with Crippen molar-refractivity contribution in [2.24, 2.45) is 7.05 Å². The molecular weight excluding hydrogens is 250 g/mol. The zero-order valence-electron chi connectivity index (χ0n) is 11.5. The van der Waals surface area contributed by atoms with Gasteiger partial charge in [0.15, 0.2) is 0 Å². The summed E-state index contributed by atoms with van der Waals surface area (Å²) in [4.78, 5) is 12.2. The molecule has 102 valence electrons. The molecule has 0 radical (unpaired) electrons. The lowest BCUT2D eigenvalue weighted by Gasteiger charge is -2.21. The van der Waals surface area contributed by atoms with E-state index in [0.29, 0.717) is 5.56 Å². The van der Waals surface area contributed by atoms with Crippen molar-refractivity contribution >= 4 is 17.7 Å². The van der Waals surface area contributed by atoms with Crippen molar-refractivity contribution in [1.82, 2.24) is 15.1 Å². The van der Waals surface area contributed by atoms with Gasteiger partial charge in [-0.25, -0.2) is 0 Å². The van der Waals surface area contributed by atoms with Crippen molar-refractivity contribution in [3.63, 3.8) is 0 Å². The summed E-state index contributed by atoms with van der Waals surface area (Å²) in [6.45, 7) is 5.65. The molecule has 1 rings (SSSR count). The van der Waals surface area contributed by atoms with Crippen molar-refractivity contribution in [2.75, 3.05) is 12.9 Å². The first-order valence-corrected chi connectivity index (χ1v) is 7.15. The Kier molecular flexibility index (Phi) is 5.22. The van der Waals surface area contributed by atoms with Crippen LogP contribution in [0.3, 0.4) is 0 Å². The summed E-state index contributed by atoms with van der Waals surface area (Å²) in [5.74, 6) is -0.127. The molecular formula is C12H21N3O2S. The van der Waals surface area contributed by atoms with Crippen LogP contribution >= 0.6 is 11.8 Å². The Balaban J connectivity index is 2.82. The van der Waals surface area contributed by atoms with E-state index in [0.717, 1.165) is 11.4 Å². The fourth-order valence-corrected chi connectivity index (χ4v) is 2.54. The maximum absolute atomic E-state index is 12.2.